The third-order valence-corrected chi connectivity index (χ3v) is 3.83. The van der Waals surface area contributed by atoms with Crippen molar-refractivity contribution in [3.8, 4) is 0 Å². The van der Waals surface area contributed by atoms with Crippen molar-refractivity contribution < 1.29 is 4.79 Å². The molecule has 78 valence electrons. The summed E-state index contributed by atoms with van der Waals surface area (Å²) in [4.78, 5) is 18.9. The molecule has 0 unspecified atom stereocenters. The summed E-state index contributed by atoms with van der Waals surface area (Å²) in [5.74, 6) is 0.387. The fourth-order valence-electron chi connectivity index (χ4n) is 1.12. The topological polar surface area (TPSA) is 68.9 Å². The molecule has 2 N–H and O–H groups in total. The Morgan fingerprint density at radius 2 is 2.40 bits per heavy atom. The zero-order chi connectivity index (χ0) is 10.7. The fourth-order valence-corrected chi connectivity index (χ4v) is 3.02. The Balaban J connectivity index is 2.13. The van der Waals surface area contributed by atoms with Crippen molar-refractivity contribution in [1.29, 1.82) is 0 Å². The molecular formula is C9H9N3OS2. The second-order valence-corrected chi connectivity index (χ2v) is 4.88. The first-order chi connectivity index (χ1) is 7.27. The molecule has 0 atom stereocenters. The largest absolute Gasteiger partial charge is 0.370 e. The predicted molar refractivity (Wildman–Crippen MR) is 62.0 cm³/mol. The van der Waals surface area contributed by atoms with Crippen LogP contribution in [-0.4, -0.2) is 21.6 Å². The van der Waals surface area contributed by atoms with Crippen LogP contribution in [-0.2, 0) is 4.79 Å². The Morgan fingerprint density at radius 1 is 1.53 bits per heavy atom. The molecular weight excluding hydrogens is 230 g/mol. The van der Waals surface area contributed by atoms with Gasteiger partial charge in [0, 0.05) is 12.2 Å². The zero-order valence-corrected chi connectivity index (χ0v) is 9.48. The van der Waals surface area contributed by atoms with E-state index in [-0.39, 0.29) is 5.91 Å². The van der Waals surface area contributed by atoms with Crippen LogP contribution >= 0.6 is 23.1 Å². The number of carbonyl (C=O) groups is 1. The molecule has 6 heteroatoms. The Bertz CT molecular complexity index is 483. The number of fused-ring (bicyclic) bond motifs is 1. The number of amides is 1. The lowest BCUT2D eigenvalue weighted by Crippen LogP contribution is -2.10. The van der Waals surface area contributed by atoms with Crippen LogP contribution in [0.25, 0.3) is 10.2 Å². The van der Waals surface area contributed by atoms with Crippen LogP contribution in [0.5, 0.6) is 0 Å². The number of hydrogen-bond donors (Lipinski definition) is 1. The molecule has 0 fully saturated rings. The Hall–Kier alpha value is -1.14. The SMILES string of the molecule is NC(=O)CCSc1ncnc2ccsc12. The quantitative estimate of drug-likeness (QED) is 0.650. The van der Waals surface area contributed by atoms with Gasteiger partial charge in [-0.1, -0.05) is 0 Å². The van der Waals surface area contributed by atoms with Gasteiger partial charge in [0.05, 0.1) is 10.2 Å². The molecule has 2 aromatic heterocycles. The summed E-state index contributed by atoms with van der Waals surface area (Å²) < 4.78 is 1.08. The van der Waals surface area contributed by atoms with Gasteiger partial charge in [-0.15, -0.1) is 23.1 Å². The lowest BCUT2D eigenvalue weighted by atomic mass is 10.5. The van der Waals surface area contributed by atoms with E-state index in [1.807, 2.05) is 11.4 Å². The van der Waals surface area contributed by atoms with Crippen LogP contribution in [0.2, 0.25) is 0 Å². The Kier molecular flexibility index (Phi) is 3.17. The molecule has 15 heavy (non-hydrogen) atoms. The molecule has 2 aromatic rings. The van der Waals surface area contributed by atoms with Crippen LogP contribution in [0.3, 0.4) is 0 Å². The average Bonchev–Trinajstić information content (AvgIpc) is 2.65. The molecule has 0 saturated carbocycles. The molecule has 0 aliphatic rings. The maximum absolute atomic E-state index is 10.6. The third kappa shape index (κ3) is 2.45. The third-order valence-electron chi connectivity index (χ3n) is 1.80. The molecule has 0 aromatic carbocycles. The highest BCUT2D eigenvalue weighted by Crippen LogP contribution is 2.28. The number of thiophene rings is 1. The number of aromatic nitrogens is 2. The number of primary amides is 1. The first kappa shape index (κ1) is 10.4. The van der Waals surface area contributed by atoms with Gasteiger partial charge >= 0.3 is 0 Å². The summed E-state index contributed by atoms with van der Waals surface area (Å²) in [6.45, 7) is 0. The lowest BCUT2D eigenvalue weighted by Gasteiger charge is -1.99. The van der Waals surface area contributed by atoms with Crippen molar-refractivity contribution in [2.75, 3.05) is 5.75 Å². The summed E-state index contributed by atoms with van der Waals surface area (Å²) in [7, 11) is 0. The van der Waals surface area contributed by atoms with Gasteiger partial charge in [-0.05, 0) is 11.4 Å². The smallest absolute Gasteiger partial charge is 0.218 e. The van der Waals surface area contributed by atoms with Crippen molar-refractivity contribution in [2.24, 2.45) is 5.73 Å². The van der Waals surface area contributed by atoms with Crippen LogP contribution in [0, 0.1) is 0 Å². The summed E-state index contributed by atoms with van der Waals surface area (Å²) in [5.41, 5.74) is 6.02. The van der Waals surface area contributed by atoms with Gasteiger partial charge in [0.25, 0.3) is 0 Å². The number of nitrogens with two attached hydrogens (primary N) is 1. The Labute approximate surface area is 94.9 Å². The minimum Gasteiger partial charge on any atom is -0.370 e. The van der Waals surface area contributed by atoms with Gasteiger partial charge in [-0.2, -0.15) is 0 Å². The monoisotopic (exact) mass is 239 g/mol. The molecule has 2 rings (SSSR count). The van der Waals surface area contributed by atoms with Gasteiger partial charge in [-0.25, -0.2) is 9.97 Å². The second-order valence-electron chi connectivity index (χ2n) is 2.88. The van der Waals surface area contributed by atoms with E-state index >= 15 is 0 Å². The molecule has 4 nitrogen and oxygen atoms in total. The maximum Gasteiger partial charge on any atom is 0.218 e. The molecule has 0 aliphatic heterocycles. The van der Waals surface area contributed by atoms with Gasteiger partial charge in [0.1, 0.15) is 11.4 Å². The van der Waals surface area contributed by atoms with Crippen molar-refractivity contribution in [3.05, 3.63) is 17.8 Å². The van der Waals surface area contributed by atoms with E-state index in [1.54, 1.807) is 29.4 Å². The van der Waals surface area contributed by atoms with Gasteiger partial charge in [0.2, 0.25) is 5.91 Å². The first-order valence-corrected chi connectivity index (χ1v) is 6.23. The van der Waals surface area contributed by atoms with Crippen LogP contribution in [0.4, 0.5) is 0 Å². The maximum atomic E-state index is 10.6. The van der Waals surface area contributed by atoms with Crippen LogP contribution < -0.4 is 5.73 Å². The minimum absolute atomic E-state index is 0.279. The number of thioether (sulfide) groups is 1. The highest BCUT2D eigenvalue weighted by Gasteiger charge is 2.05. The standard InChI is InChI=1S/C9H9N3OS2/c10-7(13)2-4-15-9-8-6(1-3-14-8)11-5-12-9/h1,3,5H,2,4H2,(H2,10,13). The number of carbonyl (C=O) groups excluding carboxylic acids is 1. The van der Waals surface area contributed by atoms with E-state index in [0.29, 0.717) is 12.2 Å². The number of nitrogens with zero attached hydrogens (tertiary/aromatic N) is 2. The van der Waals surface area contributed by atoms with E-state index in [2.05, 4.69) is 9.97 Å². The van der Waals surface area contributed by atoms with Crippen molar-refractivity contribution in [1.82, 2.24) is 9.97 Å². The van der Waals surface area contributed by atoms with Crippen LogP contribution in [0.1, 0.15) is 6.42 Å². The minimum atomic E-state index is -0.279. The van der Waals surface area contributed by atoms with E-state index in [1.165, 1.54) is 0 Å². The molecule has 2 heterocycles. The average molecular weight is 239 g/mol. The molecule has 0 spiro atoms. The van der Waals surface area contributed by atoms with Crippen molar-refractivity contribution >= 4 is 39.2 Å². The van der Waals surface area contributed by atoms with Crippen molar-refractivity contribution in [3.63, 3.8) is 0 Å². The molecule has 0 bridgehead atoms. The number of rotatable bonds is 4. The predicted octanol–water partition coefficient (Wildman–Crippen LogP) is 1.66. The Morgan fingerprint density at radius 3 is 3.20 bits per heavy atom. The summed E-state index contributed by atoms with van der Waals surface area (Å²) in [5, 5.41) is 2.91. The molecule has 0 aliphatic carbocycles. The normalized spacial score (nSPS) is 10.7. The second kappa shape index (κ2) is 4.59. The van der Waals surface area contributed by atoms with Crippen molar-refractivity contribution in [2.45, 2.75) is 11.4 Å². The summed E-state index contributed by atoms with van der Waals surface area (Å²) in [6, 6.07) is 1.96. The highest BCUT2D eigenvalue weighted by atomic mass is 32.2. The summed E-state index contributed by atoms with van der Waals surface area (Å²) in [6.07, 6.45) is 1.92. The fraction of sp³-hybridized carbons (Fsp3) is 0.222. The molecule has 0 radical (unpaired) electrons. The van der Waals surface area contributed by atoms with E-state index in [9.17, 15) is 4.79 Å². The van der Waals surface area contributed by atoms with E-state index < -0.39 is 0 Å². The van der Waals surface area contributed by atoms with Gasteiger partial charge in [0.15, 0.2) is 0 Å². The first-order valence-electron chi connectivity index (χ1n) is 4.36. The number of hydrogen-bond acceptors (Lipinski definition) is 5. The van der Waals surface area contributed by atoms with Gasteiger partial charge < -0.3 is 5.73 Å². The van der Waals surface area contributed by atoms with Crippen LogP contribution in [0.15, 0.2) is 22.8 Å². The van der Waals surface area contributed by atoms with E-state index in [4.69, 9.17) is 5.73 Å². The highest BCUT2D eigenvalue weighted by molar-refractivity contribution is 7.99. The summed E-state index contributed by atoms with van der Waals surface area (Å²) >= 11 is 3.15. The molecule has 0 saturated heterocycles. The molecule has 1 amide bonds. The lowest BCUT2D eigenvalue weighted by molar-refractivity contribution is -0.117. The zero-order valence-electron chi connectivity index (χ0n) is 7.84. The van der Waals surface area contributed by atoms with E-state index in [0.717, 1.165) is 15.2 Å². The van der Waals surface area contributed by atoms with Gasteiger partial charge in [-0.3, -0.25) is 4.79 Å².